The van der Waals surface area contributed by atoms with Crippen LogP contribution in [0.15, 0.2) is 42.5 Å². The lowest BCUT2D eigenvalue weighted by atomic mass is 10.1. The fourth-order valence-electron chi connectivity index (χ4n) is 2.92. The third kappa shape index (κ3) is 3.92. The molecule has 2 aromatic carbocycles. The molecule has 144 valence electrons. The van der Waals surface area contributed by atoms with E-state index in [1.165, 1.54) is 6.92 Å². The monoisotopic (exact) mass is 396 g/mol. The molecule has 0 bridgehead atoms. The Balaban J connectivity index is 1.80. The second kappa shape index (κ2) is 7.86. The van der Waals surface area contributed by atoms with Gasteiger partial charge >= 0.3 is 0 Å². The van der Waals surface area contributed by atoms with E-state index in [2.05, 4.69) is 15.7 Å². The molecule has 2 amide bonds. The van der Waals surface area contributed by atoms with E-state index in [-0.39, 0.29) is 11.8 Å². The lowest BCUT2D eigenvalue weighted by molar-refractivity contribution is -0.114. The van der Waals surface area contributed by atoms with Gasteiger partial charge in [-0.3, -0.25) is 9.59 Å². The largest absolute Gasteiger partial charge is 0.326 e. The Hall–Kier alpha value is -3.12. The van der Waals surface area contributed by atoms with Crippen molar-refractivity contribution in [1.82, 2.24) is 9.78 Å². The van der Waals surface area contributed by atoms with E-state index in [4.69, 9.17) is 11.6 Å². The van der Waals surface area contributed by atoms with Gasteiger partial charge in [-0.1, -0.05) is 17.7 Å². The number of hydrogen-bond donors (Lipinski definition) is 2. The van der Waals surface area contributed by atoms with Crippen LogP contribution in [0.25, 0.3) is 5.69 Å². The average molecular weight is 397 g/mol. The zero-order chi connectivity index (χ0) is 20.4. The number of halogens is 1. The minimum Gasteiger partial charge on any atom is -0.326 e. The van der Waals surface area contributed by atoms with Gasteiger partial charge in [-0.05, 0) is 62.7 Å². The molecular weight excluding hydrogens is 376 g/mol. The van der Waals surface area contributed by atoms with Gasteiger partial charge in [0.15, 0.2) is 0 Å². The Labute approximate surface area is 168 Å². The van der Waals surface area contributed by atoms with Crippen LogP contribution < -0.4 is 10.6 Å². The van der Waals surface area contributed by atoms with Gasteiger partial charge in [0.1, 0.15) is 0 Å². The quantitative estimate of drug-likeness (QED) is 0.673. The minimum atomic E-state index is -0.235. The lowest BCUT2D eigenvalue weighted by Gasteiger charge is -2.13. The molecule has 0 saturated heterocycles. The molecule has 0 radical (unpaired) electrons. The molecule has 2 N–H and O–H groups in total. The summed E-state index contributed by atoms with van der Waals surface area (Å²) in [5.74, 6) is -0.396. The van der Waals surface area contributed by atoms with Crippen molar-refractivity contribution in [3.8, 4) is 5.69 Å². The number of hydrogen-bond acceptors (Lipinski definition) is 3. The molecule has 1 heterocycles. The van der Waals surface area contributed by atoms with Crippen LogP contribution in [-0.2, 0) is 4.79 Å². The summed E-state index contributed by atoms with van der Waals surface area (Å²) < 4.78 is 1.75. The van der Waals surface area contributed by atoms with Crippen LogP contribution in [-0.4, -0.2) is 21.6 Å². The number of amides is 2. The average Bonchev–Trinajstić information content (AvgIpc) is 2.92. The van der Waals surface area contributed by atoms with E-state index >= 15 is 0 Å². The van der Waals surface area contributed by atoms with Gasteiger partial charge in [-0.25, -0.2) is 4.68 Å². The first kappa shape index (κ1) is 19.6. The van der Waals surface area contributed by atoms with Crippen LogP contribution in [0.2, 0.25) is 5.02 Å². The highest BCUT2D eigenvalue weighted by Gasteiger charge is 2.13. The predicted octanol–water partition coefficient (Wildman–Crippen LogP) is 4.66. The Morgan fingerprint density at radius 2 is 1.57 bits per heavy atom. The third-order valence-corrected chi connectivity index (χ3v) is 5.02. The number of nitrogens with one attached hydrogen (secondary N) is 2. The molecule has 0 saturated carbocycles. The van der Waals surface area contributed by atoms with Crippen molar-refractivity contribution in [2.45, 2.75) is 27.7 Å². The highest BCUT2D eigenvalue weighted by molar-refractivity contribution is 6.31. The van der Waals surface area contributed by atoms with Crippen LogP contribution in [0, 0.1) is 20.8 Å². The molecule has 0 aliphatic rings. The zero-order valence-electron chi connectivity index (χ0n) is 16.1. The Morgan fingerprint density at radius 1 is 0.964 bits per heavy atom. The van der Waals surface area contributed by atoms with E-state index in [9.17, 15) is 9.59 Å². The maximum absolute atomic E-state index is 12.6. The molecule has 7 heteroatoms. The SMILES string of the molecule is CC(=O)Nc1cccc(NC(=O)c2ccc(-n3nc(C)c(Cl)c3C)cc2)c1C. The number of carbonyl (C=O) groups is 2. The zero-order valence-corrected chi connectivity index (χ0v) is 16.9. The maximum atomic E-state index is 12.6. The van der Waals surface area contributed by atoms with E-state index < -0.39 is 0 Å². The van der Waals surface area contributed by atoms with Crippen molar-refractivity contribution in [2.24, 2.45) is 0 Å². The molecule has 0 spiro atoms. The summed E-state index contributed by atoms with van der Waals surface area (Å²) in [7, 11) is 0. The van der Waals surface area contributed by atoms with E-state index in [1.807, 2.05) is 32.9 Å². The molecule has 0 aliphatic carbocycles. The highest BCUT2D eigenvalue weighted by Crippen LogP contribution is 2.25. The Bertz CT molecular complexity index is 1060. The fourth-order valence-corrected chi connectivity index (χ4v) is 3.04. The van der Waals surface area contributed by atoms with Gasteiger partial charge in [0.05, 0.1) is 22.1 Å². The summed E-state index contributed by atoms with van der Waals surface area (Å²) in [4.78, 5) is 23.9. The van der Waals surface area contributed by atoms with Crippen molar-refractivity contribution in [1.29, 1.82) is 0 Å². The van der Waals surface area contributed by atoms with Crippen molar-refractivity contribution < 1.29 is 9.59 Å². The minimum absolute atomic E-state index is 0.161. The lowest BCUT2D eigenvalue weighted by Crippen LogP contribution is -2.14. The van der Waals surface area contributed by atoms with Gasteiger partial charge < -0.3 is 10.6 Å². The van der Waals surface area contributed by atoms with Gasteiger partial charge in [0.25, 0.3) is 5.91 Å². The number of benzene rings is 2. The number of carbonyl (C=O) groups excluding carboxylic acids is 2. The predicted molar refractivity (Wildman–Crippen MR) is 111 cm³/mol. The van der Waals surface area contributed by atoms with Crippen molar-refractivity contribution >= 4 is 34.8 Å². The van der Waals surface area contributed by atoms with Gasteiger partial charge in [0, 0.05) is 23.9 Å². The highest BCUT2D eigenvalue weighted by atomic mass is 35.5. The Morgan fingerprint density at radius 3 is 2.11 bits per heavy atom. The first-order chi connectivity index (χ1) is 13.3. The van der Waals surface area contributed by atoms with Crippen LogP contribution in [0.4, 0.5) is 11.4 Å². The normalized spacial score (nSPS) is 10.6. The molecule has 0 fully saturated rings. The molecule has 0 unspecified atom stereocenters. The van der Waals surface area contributed by atoms with Crippen molar-refractivity contribution in [2.75, 3.05) is 10.6 Å². The van der Waals surface area contributed by atoms with Gasteiger partial charge in [-0.15, -0.1) is 0 Å². The molecule has 28 heavy (non-hydrogen) atoms. The van der Waals surface area contributed by atoms with E-state index in [1.54, 1.807) is 35.0 Å². The smallest absolute Gasteiger partial charge is 0.255 e. The third-order valence-electron chi connectivity index (χ3n) is 4.47. The molecule has 0 aliphatic heterocycles. The second-order valence-electron chi connectivity index (χ2n) is 6.56. The summed E-state index contributed by atoms with van der Waals surface area (Å²) >= 11 is 6.21. The number of rotatable bonds is 4. The Kier molecular flexibility index (Phi) is 5.51. The van der Waals surface area contributed by atoms with Gasteiger partial charge in [0.2, 0.25) is 5.91 Å². The summed E-state index contributed by atoms with van der Waals surface area (Å²) in [5, 5.41) is 10.7. The second-order valence-corrected chi connectivity index (χ2v) is 6.93. The number of nitrogens with zero attached hydrogens (tertiary/aromatic N) is 2. The summed E-state index contributed by atoms with van der Waals surface area (Å²) in [5.41, 5.74) is 5.05. The molecule has 6 nitrogen and oxygen atoms in total. The fraction of sp³-hybridized carbons (Fsp3) is 0.190. The van der Waals surface area contributed by atoms with Crippen molar-refractivity contribution in [3.05, 3.63) is 70.0 Å². The standard InChI is InChI=1S/C21H21ClN4O2/c1-12-18(23-15(4)27)6-5-7-19(12)24-21(28)16-8-10-17(11-9-16)26-14(3)20(22)13(2)25-26/h5-11H,1-4H3,(H,23,27)(H,24,28). The van der Waals surface area contributed by atoms with Crippen LogP contribution in [0.3, 0.4) is 0 Å². The van der Waals surface area contributed by atoms with Crippen LogP contribution in [0.1, 0.15) is 34.2 Å². The van der Waals surface area contributed by atoms with E-state index in [0.29, 0.717) is 22.0 Å². The van der Waals surface area contributed by atoms with Crippen LogP contribution in [0.5, 0.6) is 0 Å². The first-order valence-corrected chi connectivity index (χ1v) is 9.16. The number of aryl methyl sites for hydroxylation is 1. The molecule has 0 atom stereocenters. The topological polar surface area (TPSA) is 76.0 Å². The number of anilines is 2. The maximum Gasteiger partial charge on any atom is 0.255 e. The van der Waals surface area contributed by atoms with E-state index in [0.717, 1.165) is 22.6 Å². The molecule has 3 aromatic rings. The summed E-state index contributed by atoms with van der Waals surface area (Å²) in [6.07, 6.45) is 0. The molecule has 3 rings (SSSR count). The molecular formula is C21H21ClN4O2. The first-order valence-electron chi connectivity index (χ1n) is 8.78. The van der Waals surface area contributed by atoms with Gasteiger partial charge in [-0.2, -0.15) is 5.10 Å². The summed E-state index contributed by atoms with van der Waals surface area (Å²) in [6, 6.07) is 12.5. The molecule has 1 aromatic heterocycles. The van der Waals surface area contributed by atoms with Crippen LogP contribution >= 0.6 is 11.6 Å². The summed E-state index contributed by atoms with van der Waals surface area (Å²) in [6.45, 7) is 7.04. The number of aromatic nitrogens is 2. The van der Waals surface area contributed by atoms with Crippen molar-refractivity contribution in [3.63, 3.8) is 0 Å².